The Labute approximate surface area is 107 Å². The van der Waals surface area contributed by atoms with Gasteiger partial charge < -0.3 is 14.2 Å². The lowest BCUT2D eigenvalue weighted by Gasteiger charge is -2.30. The van der Waals surface area contributed by atoms with Crippen LogP contribution in [0.15, 0.2) is 0 Å². The van der Waals surface area contributed by atoms with Gasteiger partial charge in [0.25, 0.3) is 0 Å². The molecular formula is C12H21NO5. The summed E-state index contributed by atoms with van der Waals surface area (Å²) in [6, 6.07) is -0.630. The molecule has 1 heterocycles. The van der Waals surface area contributed by atoms with E-state index >= 15 is 0 Å². The van der Waals surface area contributed by atoms with Gasteiger partial charge in [-0.25, -0.2) is 9.59 Å². The molecule has 6 heteroatoms. The summed E-state index contributed by atoms with van der Waals surface area (Å²) in [6.07, 6.45) is 0.117. The van der Waals surface area contributed by atoms with E-state index < -0.39 is 29.9 Å². The molecule has 2 atom stereocenters. The third-order valence-corrected chi connectivity index (χ3v) is 2.68. The van der Waals surface area contributed by atoms with Crippen LogP contribution in [0.5, 0.6) is 0 Å². The molecule has 6 nitrogen and oxygen atoms in total. The van der Waals surface area contributed by atoms with Gasteiger partial charge in [-0.3, -0.25) is 4.90 Å². The summed E-state index contributed by atoms with van der Waals surface area (Å²) in [5.74, 6) is -0.444. The average Bonchev–Trinajstić information content (AvgIpc) is 2.69. The minimum absolute atomic E-state index is 0.441. The van der Waals surface area contributed by atoms with Crippen LogP contribution in [0.1, 0.15) is 33.6 Å². The summed E-state index contributed by atoms with van der Waals surface area (Å²) in [4.78, 5) is 25.0. The highest BCUT2D eigenvalue weighted by Crippen LogP contribution is 2.27. The van der Waals surface area contributed by atoms with E-state index in [0.717, 1.165) is 0 Å². The first-order valence-electron chi connectivity index (χ1n) is 5.92. The molecule has 0 aromatic carbocycles. The first-order chi connectivity index (χ1) is 8.30. The van der Waals surface area contributed by atoms with Crippen LogP contribution < -0.4 is 0 Å². The second-order valence-corrected chi connectivity index (χ2v) is 5.19. The van der Waals surface area contributed by atoms with Crippen molar-refractivity contribution in [1.82, 2.24) is 4.90 Å². The number of rotatable bonds is 2. The van der Waals surface area contributed by atoms with Crippen molar-refractivity contribution in [2.75, 3.05) is 14.2 Å². The molecule has 1 aliphatic rings. The highest BCUT2D eigenvalue weighted by molar-refractivity contribution is 5.82. The molecule has 0 N–H and O–H groups in total. The van der Waals surface area contributed by atoms with E-state index in [9.17, 15) is 9.59 Å². The number of amides is 1. The zero-order chi connectivity index (χ0) is 13.9. The van der Waals surface area contributed by atoms with Crippen LogP contribution in [0, 0.1) is 0 Å². The van der Waals surface area contributed by atoms with Gasteiger partial charge in [-0.2, -0.15) is 0 Å². The summed E-state index contributed by atoms with van der Waals surface area (Å²) in [5.41, 5.74) is -0.612. The normalized spacial score (nSPS) is 23.9. The molecular weight excluding hydrogens is 238 g/mol. The van der Waals surface area contributed by atoms with Crippen molar-refractivity contribution in [3.8, 4) is 0 Å². The minimum Gasteiger partial charge on any atom is -0.467 e. The number of likely N-dealkylation sites (tertiary alicyclic amines) is 1. The second-order valence-electron chi connectivity index (χ2n) is 5.19. The summed E-state index contributed by atoms with van der Waals surface area (Å²) >= 11 is 0. The summed E-state index contributed by atoms with van der Waals surface area (Å²) in [6.45, 7) is 5.32. The summed E-state index contributed by atoms with van der Waals surface area (Å²) < 4.78 is 15.2. The Balaban J connectivity index is 2.84. The van der Waals surface area contributed by atoms with E-state index in [1.165, 1.54) is 19.1 Å². The van der Waals surface area contributed by atoms with Crippen LogP contribution in [0.25, 0.3) is 0 Å². The van der Waals surface area contributed by atoms with Gasteiger partial charge in [-0.05, 0) is 33.6 Å². The van der Waals surface area contributed by atoms with E-state index in [2.05, 4.69) is 0 Å². The maximum Gasteiger partial charge on any atom is 0.413 e. The van der Waals surface area contributed by atoms with Crippen molar-refractivity contribution in [3.05, 3.63) is 0 Å². The highest BCUT2D eigenvalue weighted by Gasteiger charge is 2.43. The van der Waals surface area contributed by atoms with Gasteiger partial charge in [0.15, 0.2) is 0 Å². The zero-order valence-electron chi connectivity index (χ0n) is 11.6. The molecule has 0 bridgehead atoms. The Hall–Kier alpha value is -1.30. The van der Waals surface area contributed by atoms with E-state index in [1.54, 1.807) is 20.8 Å². The van der Waals surface area contributed by atoms with Crippen LogP contribution in [0.4, 0.5) is 4.79 Å². The molecule has 0 saturated carbocycles. The minimum atomic E-state index is -0.630. The molecule has 0 aromatic heterocycles. The molecule has 104 valence electrons. The van der Waals surface area contributed by atoms with E-state index in [0.29, 0.717) is 12.8 Å². The lowest BCUT2D eigenvalue weighted by molar-refractivity contribution is -0.148. The fourth-order valence-corrected chi connectivity index (χ4v) is 1.94. The molecule has 18 heavy (non-hydrogen) atoms. The fraction of sp³-hybridized carbons (Fsp3) is 0.833. The number of methoxy groups -OCH3 is 2. The van der Waals surface area contributed by atoms with Gasteiger partial charge in [-0.15, -0.1) is 0 Å². The molecule has 0 radical (unpaired) electrons. The smallest absolute Gasteiger partial charge is 0.413 e. The maximum absolute atomic E-state index is 12.1. The molecule has 1 aliphatic heterocycles. The van der Waals surface area contributed by atoms with Crippen molar-refractivity contribution in [1.29, 1.82) is 0 Å². The van der Waals surface area contributed by atoms with Crippen molar-refractivity contribution < 1.29 is 23.8 Å². The van der Waals surface area contributed by atoms with E-state index in [1.807, 2.05) is 0 Å². The van der Waals surface area contributed by atoms with Gasteiger partial charge in [0.05, 0.1) is 7.11 Å². The third-order valence-electron chi connectivity index (χ3n) is 2.68. The number of hydrogen-bond acceptors (Lipinski definition) is 5. The van der Waals surface area contributed by atoms with Gasteiger partial charge in [0.2, 0.25) is 0 Å². The van der Waals surface area contributed by atoms with Crippen molar-refractivity contribution >= 4 is 12.1 Å². The number of carbonyl (C=O) groups is 2. The predicted molar refractivity (Wildman–Crippen MR) is 63.9 cm³/mol. The number of ether oxygens (including phenoxy) is 3. The van der Waals surface area contributed by atoms with Gasteiger partial charge in [0.1, 0.15) is 17.9 Å². The number of hydrogen-bond donors (Lipinski definition) is 0. The second kappa shape index (κ2) is 5.56. The van der Waals surface area contributed by atoms with Gasteiger partial charge in [-0.1, -0.05) is 0 Å². The quantitative estimate of drug-likeness (QED) is 0.704. The topological polar surface area (TPSA) is 65.1 Å². The van der Waals surface area contributed by atoms with Crippen LogP contribution >= 0.6 is 0 Å². The average molecular weight is 259 g/mol. The molecule has 1 rings (SSSR count). The molecule has 0 aromatic rings. The molecule has 1 saturated heterocycles. The van der Waals surface area contributed by atoms with Crippen molar-refractivity contribution in [3.63, 3.8) is 0 Å². The van der Waals surface area contributed by atoms with Crippen LogP contribution in [0.2, 0.25) is 0 Å². The van der Waals surface area contributed by atoms with Gasteiger partial charge >= 0.3 is 12.1 Å². The molecule has 1 amide bonds. The first-order valence-corrected chi connectivity index (χ1v) is 5.92. The largest absolute Gasteiger partial charge is 0.467 e. The van der Waals surface area contributed by atoms with Crippen molar-refractivity contribution in [2.24, 2.45) is 0 Å². The SMILES string of the molecule is COC(=O)[C@H]1CCC(OC)N1C(=O)OC(C)(C)C. The monoisotopic (exact) mass is 259 g/mol. The van der Waals surface area contributed by atoms with E-state index in [-0.39, 0.29) is 0 Å². The lowest BCUT2D eigenvalue weighted by atomic mass is 10.2. The molecule has 0 spiro atoms. The first kappa shape index (κ1) is 14.8. The Morgan fingerprint density at radius 1 is 1.17 bits per heavy atom. The number of nitrogens with zero attached hydrogens (tertiary/aromatic N) is 1. The number of esters is 1. The van der Waals surface area contributed by atoms with Crippen LogP contribution in [-0.2, 0) is 19.0 Å². The predicted octanol–water partition coefficient (Wildman–Crippen LogP) is 1.53. The van der Waals surface area contributed by atoms with E-state index in [4.69, 9.17) is 14.2 Å². The molecule has 0 aliphatic carbocycles. The van der Waals surface area contributed by atoms with Gasteiger partial charge in [0, 0.05) is 7.11 Å². The lowest BCUT2D eigenvalue weighted by Crippen LogP contribution is -2.48. The number of carbonyl (C=O) groups excluding carboxylic acids is 2. The standard InChI is InChI=1S/C12H21NO5/c1-12(2,3)18-11(15)13-8(10(14)17-5)6-7-9(13)16-4/h8-9H,6-7H2,1-5H3/t8-,9?/m1/s1. The Morgan fingerprint density at radius 2 is 1.78 bits per heavy atom. The summed E-state index contributed by atoms with van der Waals surface area (Å²) in [7, 11) is 2.80. The Kier molecular flexibility index (Phi) is 4.56. The Bertz CT molecular complexity index is 323. The molecule has 1 unspecified atom stereocenters. The fourth-order valence-electron chi connectivity index (χ4n) is 1.94. The molecule has 1 fully saturated rings. The zero-order valence-corrected chi connectivity index (χ0v) is 11.6. The van der Waals surface area contributed by atoms with Crippen LogP contribution in [0.3, 0.4) is 0 Å². The highest BCUT2D eigenvalue weighted by atomic mass is 16.6. The third kappa shape index (κ3) is 3.35. The van der Waals surface area contributed by atoms with Crippen LogP contribution in [-0.4, -0.2) is 49.1 Å². The van der Waals surface area contributed by atoms with Crippen molar-refractivity contribution in [2.45, 2.75) is 51.5 Å². The maximum atomic E-state index is 12.1. The Morgan fingerprint density at radius 3 is 2.22 bits per heavy atom. The summed E-state index contributed by atoms with van der Waals surface area (Å²) in [5, 5.41) is 0.